The van der Waals surface area contributed by atoms with Crippen LogP contribution in [0.3, 0.4) is 0 Å². The van der Waals surface area contributed by atoms with Crippen molar-refractivity contribution in [2.75, 3.05) is 0 Å². The highest BCUT2D eigenvalue weighted by atomic mass is 16.1. The lowest BCUT2D eigenvalue weighted by molar-refractivity contribution is 0.111. The summed E-state index contributed by atoms with van der Waals surface area (Å²) in [5.41, 5.74) is 0. The molecule has 1 heterocycles. The number of hydrogen-bond donors (Lipinski definition) is 1. The van der Waals surface area contributed by atoms with E-state index in [0.29, 0.717) is 6.29 Å². The fourth-order valence-electron chi connectivity index (χ4n) is 0.242. The van der Waals surface area contributed by atoms with Gasteiger partial charge in [-0.25, -0.2) is 4.98 Å². The van der Waals surface area contributed by atoms with Crippen LogP contribution in [0.1, 0.15) is 10.6 Å². The van der Waals surface area contributed by atoms with Crippen LogP contribution in [0.15, 0.2) is 0 Å². The third-order valence-corrected chi connectivity index (χ3v) is 0.496. The van der Waals surface area contributed by atoms with Gasteiger partial charge in [-0.1, -0.05) is 0 Å². The maximum absolute atomic E-state index is 9.70. The van der Waals surface area contributed by atoms with Crippen LogP contribution in [0.25, 0.3) is 0 Å². The van der Waals surface area contributed by atoms with Crippen LogP contribution in [-0.2, 0) is 0 Å². The highest BCUT2D eigenvalue weighted by Crippen LogP contribution is 1.71. The molecule has 0 aliphatic carbocycles. The highest BCUT2D eigenvalue weighted by molar-refractivity contribution is 5.67. The van der Waals surface area contributed by atoms with Crippen LogP contribution in [-0.4, -0.2) is 21.5 Å². The van der Waals surface area contributed by atoms with E-state index >= 15 is 0 Å². The molecule has 4 nitrogen and oxygen atoms in total. The van der Waals surface area contributed by atoms with Crippen LogP contribution in [0.4, 0.5) is 0 Å². The Morgan fingerprint density at radius 2 is 2.71 bits per heavy atom. The van der Waals surface area contributed by atoms with Crippen molar-refractivity contribution in [2.45, 2.75) is 0 Å². The molecule has 1 radical (unpaired) electrons. The summed E-state index contributed by atoms with van der Waals surface area (Å²) in [6.07, 6.45) is 2.81. The van der Waals surface area contributed by atoms with Gasteiger partial charge in [-0.2, -0.15) is 5.10 Å². The van der Waals surface area contributed by atoms with E-state index in [1.165, 1.54) is 0 Å². The largest absolute Gasteiger partial charge is 0.294 e. The molecule has 0 fully saturated rings. The number of hydrogen-bond acceptors (Lipinski definition) is 3. The van der Waals surface area contributed by atoms with Gasteiger partial charge in [0, 0.05) is 0 Å². The number of aldehydes is 1. The highest BCUT2D eigenvalue weighted by Gasteiger charge is 1.86. The molecule has 35 valence electrons. The first-order valence-electron chi connectivity index (χ1n) is 1.67. The van der Waals surface area contributed by atoms with Crippen molar-refractivity contribution in [1.82, 2.24) is 15.2 Å². The first-order valence-corrected chi connectivity index (χ1v) is 1.67. The van der Waals surface area contributed by atoms with Gasteiger partial charge < -0.3 is 0 Å². The van der Waals surface area contributed by atoms with Gasteiger partial charge in [0.2, 0.25) is 5.82 Å². The maximum atomic E-state index is 9.70. The third-order valence-electron chi connectivity index (χ3n) is 0.496. The van der Waals surface area contributed by atoms with E-state index < -0.39 is 0 Å². The van der Waals surface area contributed by atoms with Crippen molar-refractivity contribution in [3.05, 3.63) is 12.2 Å². The van der Waals surface area contributed by atoms with Gasteiger partial charge in [-0.05, 0) is 0 Å². The molecule has 0 atom stereocenters. The summed E-state index contributed by atoms with van der Waals surface area (Å²) in [6.45, 7) is 0. The number of nitrogens with zero attached hydrogens (tertiary/aromatic N) is 2. The second-order valence-electron chi connectivity index (χ2n) is 0.923. The van der Waals surface area contributed by atoms with Gasteiger partial charge in [0.15, 0.2) is 12.6 Å². The molecule has 0 saturated heterocycles. The summed E-state index contributed by atoms with van der Waals surface area (Å²) in [7, 11) is 0. The third kappa shape index (κ3) is 0.623. The molecule has 0 aromatic carbocycles. The van der Waals surface area contributed by atoms with Crippen LogP contribution < -0.4 is 0 Å². The van der Waals surface area contributed by atoms with Gasteiger partial charge in [0.25, 0.3) is 0 Å². The first-order chi connectivity index (χ1) is 3.43. The topological polar surface area (TPSA) is 58.6 Å². The van der Waals surface area contributed by atoms with E-state index in [1.54, 1.807) is 0 Å². The van der Waals surface area contributed by atoms with E-state index in [2.05, 4.69) is 21.5 Å². The van der Waals surface area contributed by atoms with Crippen LogP contribution in [0.5, 0.6) is 0 Å². The SMILES string of the molecule is O=Cc1n[c][nH]n1. The van der Waals surface area contributed by atoms with Gasteiger partial charge in [0.1, 0.15) is 0 Å². The number of aromatic amines is 1. The van der Waals surface area contributed by atoms with Gasteiger partial charge >= 0.3 is 0 Å². The Balaban J connectivity index is 2.96. The Bertz CT molecular complexity index is 145. The summed E-state index contributed by atoms with van der Waals surface area (Å²) >= 11 is 0. The number of carbonyl (C=O) groups excluding carboxylic acids is 1. The molecule has 7 heavy (non-hydrogen) atoms. The predicted molar refractivity (Wildman–Crippen MR) is 20.6 cm³/mol. The molecule has 0 saturated carbocycles. The summed E-state index contributed by atoms with van der Waals surface area (Å²) in [5, 5.41) is 5.64. The zero-order valence-corrected chi connectivity index (χ0v) is 3.38. The Labute approximate surface area is 39.6 Å². The fraction of sp³-hybridized carbons (Fsp3) is 0. The normalized spacial score (nSPS) is 8.57. The van der Waals surface area contributed by atoms with Crippen molar-refractivity contribution in [3.8, 4) is 0 Å². The summed E-state index contributed by atoms with van der Waals surface area (Å²) in [4.78, 5) is 13.1. The minimum absolute atomic E-state index is 0.139. The molecule has 0 bridgehead atoms. The minimum Gasteiger partial charge on any atom is -0.294 e. The molecule has 0 aliphatic rings. The summed E-state index contributed by atoms with van der Waals surface area (Å²) in [5.74, 6) is 0.139. The molecular weight excluding hydrogens is 94.1 g/mol. The number of H-pyrrole nitrogens is 1. The molecule has 4 heteroatoms. The van der Waals surface area contributed by atoms with Crippen molar-refractivity contribution in [3.63, 3.8) is 0 Å². The van der Waals surface area contributed by atoms with Crippen molar-refractivity contribution < 1.29 is 4.79 Å². The van der Waals surface area contributed by atoms with Crippen LogP contribution in [0.2, 0.25) is 0 Å². The Hall–Kier alpha value is -1.19. The molecule has 0 aliphatic heterocycles. The lowest BCUT2D eigenvalue weighted by Crippen LogP contribution is -1.79. The van der Waals surface area contributed by atoms with Gasteiger partial charge in [-0.3, -0.25) is 9.89 Å². The molecule has 1 N–H and O–H groups in total. The maximum Gasteiger partial charge on any atom is 0.214 e. The second kappa shape index (κ2) is 1.51. The minimum atomic E-state index is 0.139. The number of carbonyl (C=O) groups is 1. The Morgan fingerprint density at radius 3 is 3.00 bits per heavy atom. The van der Waals surface area contributed by atoms with Gasteiger partial charge in [0.05, 0.1) is 0 Å². The number of nitrogens with one attached hydrogen (secondary N) is 1. The lowest BCUT2D eigenvalue weighted by atomic mass is 10.7. The molecule has 1 rings (SSSR count). The fourth-order valence-corrected chi connectivity index (χ4v) is 0.242. The van der Waals surface area contributed by atoms with E-state index in [0.717, 1.165) is 0 Å². The molecular formula is C3H2N3O. The molecule has 1 aromatic heterocycles. The zero-order chi connectivity index (χ0) is 5.11. The summed E-state index contributed by atoms with van der Waals surface area (Å²) < 4.78 is 0. The standard InChI is InChI=1S/C3H2N3O/c7-1-3-4-2-5-6-3/h1H,(H,4,5,6). The van der Waals surface area contributed by atoms with E-state index in [9.17, 15) is 4.79 Å². The smallest absolute Gasteiger partial charge is 0.214 e. The van der Waals surface area contributed by atoms with Crippen molar-refractivity contribution in [2.24, 2.45) is 0 Å². The van der Waals surface area contributed by atoms with Gasteiger partial charge in [-0.15, -0.1) is 0 Å². The van der Waals surface area contributed by atoms with Crippen molar-refractivity contribution in [1.29, 1.82) is 0 Å². The average molecular weight is 96.1 g/mol. The molecule has 0 amide bonds. The second-order valence-corrected chi connectivity index (χ2v) is 0.923. The van der Waals surface area contributed by atoms with E-state index in [1.807, 2.05) is 0 Å². The Morgan fingerprint density at radius 1 is 1.86 bits per heavy atom. The van der Waals surface area contributed by atoms with E-state index in [4.69, 9.17) is 0 Å². The van der Waals surface area contributed by atoms with E-state index in [-0.39, 0.29) is 5.82 Å². The molecule has 1 aromatic rings. The number of aromatic nitrogens is 3. The zero-order valence-electron chi connectivity index (χ0n) is 3.38. The van der Waals surface area contributed by atoms with Crippen molar-refractivity contribution >= 4 is 6.29 Å². The average Bonchev–Trinajstić information content (AvgIpc) is 2.14. The monoisotopic (exact) mass is 96.0 g/mol. The molecule has 0 unspecified atom stereocenters. The first kappa shape index (κ1) is 3.98. The summed E-state index contributed by atoms with van der Waals surface area (Å²) in [6, 6.07) is 0. The predicted octanol–water partition coefficient (Wildman–Crippen LogP) is -0.583. The lowest BCUT2D eigenvalue weighted by Gasteiger charge is -1.63. The number of rotatable bonds is 1. The molecule has 0 spiro atoms. The van der Waals surface area contributed by atoms with Crippen LogP contribution in [0, 0.1) is 6.33 Å². The quantitative estimate of drug-likeness (QED) is 0.476. The Kier molecular flexibility index (Phi) is 0.856. The van der Waals surface area contributed by atoms with Crippen LogP contribution >= 0.6 is 0 Å².